The summed E-state index contributed by atoms with van der Waals surface area (Å²) in [6.07, 6.45) is 2.07. The van der Waals surface area contributed by atoms with Crippen molar-refractivity contribution in [2.24, 2.45) is 5.92 Å². The van der Waals surface area contributed by atoms with E-state index in [1.165, 1.54) is 11.1 Å². The van der Waals surface area contributed by atoms with Crippen LogP contribution in [0.5, 0.6) is 0 Å². The maximum absolute atomic E-state index is 11.7. The van der Waals surface area contributed by atoms with Crippen molar-refractivity contribution in [3.05, 3.63) is 59.7 Å². The minimum atomic E-state index is -0.515. The lowest BCUT2D eigenvalue weighted by molar-refractivity contribution is -0.142. The Kier molecular flexibility index (Phi) is 2.24. The van der Waals surface area contributed by atoms with E-state index in [1.54, 1.807) is 0 Å². The van der Waals surface area contributed by atoms with Crippen molar-refractivity contribution >= 4 is 5.97 Å². The van der Waals surface area contributed by atoms with Gasteiger partial charge in [-0.2, -0.15) is 0 Å². The van der Waals surface area contributed by atoms with Crippen LogP contribution >= 0.6 is 0 Å². The second-order valence-electron chi connectivity index (χ2n) is 5.35. The lowest BCUT2D eigenvalue weighted by Crippen LogP contribution is -2.28. The van der Waals surface area contributed by atoms with E-state index in [2.05, 4.69) is 31.7 Å². The summed E-state index contributed by atoms with van der Waals surface area (Å²) >= 11 is 0. The van der Waals surface area contributed by atoms with Crippen molar-refractivity contribution in [2.75, 3.05) is 0 Å². The number of carbonyl (C=O) groups excluding carboxylic acids is 1. The summed E-state index contributed by atoms with van der Waals surface area (Å²) in [5, 5.41) is 0. The number of ether oxygens (including phenoxy) is 1. The van der Waals surface area contributed by atoms with Crippen molar-refractivity contribution in [3.63, 3.8) is 0 Å². The van der Waals surface area contributed by atoms with Crippen molar-refractivity contribution < 1.29 is 9.53 Å². The molecule has 1 aliphatic carbocycles. The average Bonchev–Trinajstić information content (AvgIpc) is 2.70. The second kappa shape index (κ2) is 3.58. The summed E-state index contributed by atoms with van der Waals surface area (Å²) in [5.74, 6) is -0.0188. The van der Waals surface area contributed by atoms with E-state index in [-0.39, 0.29) is 17.8 Å². The van der Waals surface area contributed by atoms with Gasteiger partial charge in [-0.1, -0.05) is 42.5 Å². The Balaban J connectivity index is 2.10. The number of hydrogen-bond donors (Lipinski definition) is 0. The molecule has 1 fully saturated rings. The molecule has 18 heavy (non-hydrogen) atoms. The molecule has 0 radical (unpaired) electrons. The molecule has 3 atom stereocenters. The Labute approximate surface area is 107 Å². The third kappa shape index (κ3) is 1.38. The van der Waals surface area contributed by atoms with Gasteiger partial charge in [0, 0.05) is 17.4 Å². The molecule has 3 rings (SSSR count). The van der Waals surface area contributed by atoms with Crippen LogP contribution in [0.4, 0.5) is 0 Å². The van der Waals surface area contributed by atoms with Gasteiger partial charge < -0.3 is 4.74 Å². The van der Waals surface area contributed by atoms with Crippen LogP contribution in [0, 0.1) is 5.92 Å². The van der Waals surface area contributed by atoms with E-state index < -0.39 is 5.60 Å². The first kappa shape index (κ1) is 11.3. The predicted octanol–water partition coefficient (Wildman–Crippen LogP) is 3.22. The van der Waals surface area contributed by atoms with Crippen LogP contribution < -0.4 is 0 Å². The van der Waals surface area contributed by atoms with Crippen LogP contribution in [-0.2, 0) is 9.53 Å². The van der Waals surface area contributed by atoms with Crippen molar-refractivity contribution in [3.8, 4) is 0 Å². The van der Waals surface area contributed by atoms with Crippen LogP contribution in [0.25, 0.3) is 0 Å². The van der Waals surface area contributed by atoms with E-state index in [4.69, 9.17) is 4.74 Å². The van der Waals surface area contributed by atoms with E-state index in [0.717, 1.165) is 0 Å². The molecular formula is C16H16O2. The van der Waals surface area contributed by atoms with Gasteiger partial charge in [0.15, 0.2) is 0 Å². The highest BCUT2D eigenvalue weighted by Gasteiger charge is 2.55. The summed E-state index contributed by atoms with van der Waals surface area (Å²) in [5.41, 5.74) is 2.56. The highest BCUT2D eigenvalue weighted by molar-refractivity contribution is 5.92. The van der Waals surface area contributed by atoms with Gasteiger partial charge in [-0.05, 0) is 25.5 Å². The summed E-state index contributed by atoms with van der Waals surface area (Å²) in [7, 11) is 0. The Hall–Kier alpha value is -1.83. The maximum Gasteiger partial charge on any atom is 0.334 e. The van der Waals surface area contributed by atoms with E-state index >= 15 is 0 Å². The third-order valence-electron chi connectivity index (χ3n) is 4.06. The molecule has 1 aromatic carbocycles. The lowest BCUT2D eigenvalue weighted by atomic mass is 9.78. The first-order valence-corrected chi connectivity index (χ1v) is 6.19. The molecule has 0 N–H and O–H groups in total. The Bertz CT molecular complexity index is 556. The van der Waals surface area contributed by atoms with E-state index in [0.29, 0.717) is 5.57 Å². The fourth-order valence-corrected chi connectivity index (χ4v) is 3.37. The Morgan fingerprint density at radius 3 is 2.61 bits per heavy atom. The number of hydrogen-bond acceptors (Lipinski definition) is 2. The number of rotatable bonds is 1. The number of carbonyl (C=O) groups is 1. The van der Waals surface area contributed by atoms with Gasteiger partial charge in [-0.3, -0.25) is 0 Å². The van der Waals surface area contributed by atoms with Gasteiger partial charge in [-0.25, -0.2) is 4.79 Å². The molecule has 0 amide bonds. The molecule has 0 unspecified atom stereocenters. The maximum atomic E-state index is 11.7. The summed E-state index contributed by atoms with van der Waals surface area (Å²) in [4.78, 5) is 11.7. The summed E-state index contributed by atoms with van der Waals surface area (Å²) in [6.45, 7) is 8.00. The third-order valence-corrected chi connectivity index (χ3v) is 4.06. The van der Waals surface area contributed by atoms with E-state index in [9.17, 15) is 4.79 Å². The van der Waals surface area contributed by atoms with E-state index in [1.807, 2.05) is 25.1 Å². The van der Waals surface area contributed by atoms with Crippen molar-refractivity contribution in [2.45, 2.75) is 25.4 Å². The predicted molar refractivity (Wildman–Crippen MR) is 70.1 cm³/mol. The monoisotopic (exact) mass is 240 g/mol. The Morgan fingerprint density at radius 1 is 1.28 bits per heavy atom. The number of benzene rings is 1. The summed E-state index contributed by atoms with van der Waals surface area (Å²) in [6, 6.07) is 10.3. The topological polar surface area (TPSA) is 26.3 Å². The normalized spacial score (nSPS) is 34.2. The van der Waals surface area contributed by atoms with Gasteiger partial charge in [0.2, 0.25) is 0 Å². The van der Waals surface area contributed by atoms with Gasteiger partial charge in [-0.15, -0.1) is 0 Å². The first-order valence-electron chi connectivity index (χ1n) is 6.19. The minimum Gasteiger partial charge on any atom is -0.451 e. The standard InChI is InChI=1S/C16H16O2/c1-10-9-16(3)14(11(2)15(17)18-16)13(10)12-7-5-4-6-8-12/h4-9,13-14H,2H2,1,3H3/t13-,14-,16+/m1/s1. The summed E-state index contributed by atoms with van der Waals surface area (Å²) < 4.78 is 5.49. The largest absolute Gasteiger partial charge is 0.451 e. The van der Waals surface area contributed by atoms with Crippen LogP contribution in [0.2, 0.25) is 0 Å². The number of fused-ring (bicyclic) bond motifs is 1. The molecule has 0 saturated carbocycles. The van der Waals surface area contributed by atoms with Gasteiger partial charge >= 0.3 is 5.97 Å². The van der Waals surface area contributed by atoms with Crippen molar-refractivity contribution in [1.82, 2.24) is 0 Å². The van der Waals surface area contributed by atoms with Gasteiger partial charge in [0.25, 0.3) is 0 Å². The Morgan fingerprint density at radius 2 is 1.94 bits per heavy atom. The molecule has 0 spiro atoms. The average molecular weight is 240 g/mol. The zero-order chi connectivity index (χ0) is 12.9. The van der Waals surface area contributed by atoms with Crippen LogP contribution in [-0.4, -0.2) is 11.6 Å². The van der Waals surface area contributed by atoms with Gasteiger partial charge in [0.05, 0.1) is 0 Å². The van der Waals surface area contributed by atoms with Crippen LogP contribution in [0.15, 0.2) is 54.1 Å². The minimum absolute atomic E-state index is 0.0346. The van der Waals surface area contributed by atoms with Gasteiger partial charge in [0.1, 0.15) is 5.60 Å². The molecule has 1 saturated heterocycles. The van der Waals surface area contributed by atoms with Crippen LogP contribution in [0.1, 0.15) is 25.3 Å². The molecule has 0 aromatic heterocycles. The first-order chi connectivity index (χ1) is 8.53. The second-order valence-corrected chi connectivity index (χ2v) is 5.35. The fraction of sp³-hybridized carbons (Fsp3) is 0.312. The molecule has 92 valence electrons. The van der Waals surface area contributed by atoms with Crippen molar-refractivity contribution in [1.29, 1.82) is 0 Å². The molecule has 2 nitrogen and oxygen atoms in total. The zero-order valence-corrected chi connectivity index (χ0v) is 10.6. The lowest BCUT2D eigenvalue weighted by Gasteiger charge is -2.25. The fourth-order valence-electron chi connectivity index (χ4n) is 3.37. The quantitative estimate of drug-likeness (QED) is 0.428. The smallest absolute Gasteiger partial charge is 0.334 e. The molecule has 1 aromatic rings. The van der Waals surface area contributed by atoms with Crippen LogP contribution in [0.3, 0.4) is 0 Å². The molecule has 0 bridgehead atoms. The highest BCUT2D eigenvalue weighted by atomic mass is 16.6. The number of esters is 1. The highest BCUT2D eigenvalue weighted by Crippen LogP contribution is 2.53. The molecule has 2 aliphatic rings. The molecule has 1 aliphatic heterocycles. The molecular weight excluding hydrogens is 224 g/mol. The number of allylic oxidation sites excluding steroid dienone is 1. The molecule has 1 heterocycles. The molecule has 2 heteroatoms. The zero-order valence-electron chi connectivity index (χ0n) is 10.6. The SMILES string of the molecule is C=C1C(=O)O[C@@]2(C)C=C(C)[C@H](c3ccccc3)[C@@H]12.